The smallest absolute Gasteiger partial charge is 0.325 e. The summed E-state index contributed by atoms with van der Waals surface area (Å²) in [6.07, 6.45) is 2.86. The van der Waals surface area contributed by atoms with Gasteiger partial charge in [-0.05, 0) is 21.0 Å². The van der Waals surface area contributed by atoms with Gasteiger partial charge in [-0.2, -0.15) is 5.10 Å². The van der Waals surface area contributed by atoms with Gasteiger partial charge in [0, 0.05) is 18.8 Å². The summed E-state index contributed by atoms with van der Waals surface area (Å²) in [6.45, 7) is 2.27. The molecule has 1 unspecified atom stereocenters. The van der Waals surface area contributed by atoms with Gasteiger partial charge >= 0.3 is 12.0 Å². The zero-order chi connectivity index (χ0) is 14.4. The van der Waals surface area contributed by atoms with E-state index in [4.69, 9.17) is 5.11 Å². The Balaban J connectivity index is 2.40. The second-order valence-corrected chi connectivity index (χ2v) is 4.47. The Morgan fingerprint density at radius 2 is 2.21 bits per heavy atom. The number of aliphatic carboxylic acids is 1. The fourth-order valence-electron chi connectivity index (χ4n) is 1.25. The fourth-order valence-corrected chi connectivity index (χ4v) is 1.25. The van der Waals surface area contributed by atoms with Crippen LogP contribution in [0.4, 0.5) is 10.5 Å². The molecule has 0 radical (unpaired) electrons. The van der Waals surface area contributed by atoms with Crippen LogP contribution in [-0.2, 0) is 11.3 Å². The summed E-state index contributed by atoms with van der Waals surface area (Å²) in [5, 5.41) is 17.7. The molecule has 0 saturated heterocycles. The first-order chi connectivity index (χ1) is 8.88. The van der Waals surface area contributed by atoms with Gasteiger partial charge in [-0.1, -0.05) is 0 Å². The Labute approximate surface area is 111 Å². The van der Waals surface area contributed by atoms with Gasteiger partial charge in [0.25, 0.3) is 0 Å². The molecule has 1 aromatic heterocycles. The van der Waals surface area contributed by atoms with Gasteiger partial charge in [-0.3, -0.25) is 9.48 Å². The number of aromatic nitrogens is 2. The van der Waals surface area contributed by atoms with Crippen molar-refractivity contribution in [3.63, 3.8) is 0 Å². The number of likely N-dealkylation sites (N-methyl/N-ethyl adjacent to an activating group) is 1. The topological polar surface area (TPSA) is 99.5 Å². The van der Waals surface area contributed by atoms with Gasteiger partial charge in [0.05, 0.1) is 11.9 Å². The number of carboxylic acids is 1. The van der Waals surface area contributed by atoms with E-state index in [2.05, 4.69) is 15.7 Å². The Morgan fingerprint density at radius 1 is 1.53 bits per heavy atom. The first-order valence-corrected chi connectivity index (χ1v) is 5.84. The van der Waals surface area contributed by atoms with E-state index in [0.29, 0.717) is 12.2 Å². The number of carbonyl (C=O) groups is 2. The van der Waals surface area contributed by atoms with E-state index in [1.807, 2.05) is 25.9 Å². The minimum Gasteiger partial charge on any atom is -0.480 e. The van der Waals surface area contributed by atoms with Crippen molar-refractivity contribution in [2.75, 3.05) is 26.0 Å². The summed E-state index contributed by atoms with van der Waals surface area (Å²) in [4.78, 5) is 24.0. The molecule has 1 heterocycles. The molecule has 1 atom stereocenters. The number of carbonyl (C=O) groups excluding carboxylic acids is 1. The van der Waals surface area contributed by atoms with Crippen LogP contribution in [0.2, 0.25) is 0 Å². The van der Waals surface area contributed by atoms with Crippen LogP contribution >= 0.6 is 0 Å². The molecule has 19 heavy (non-hydrogen) atoms. The molecule has 1 aromatic rings. The molecule has 3 N–H and O–H groups in total. The molecular formula is C11H19N5O3. The molecule has 0 aliphatic heterocycles. The monoisotopic (exact) mass is 269 g/mol. The van der Waals surface area contributed by atoms with Crippen molar-refractivity contribution in [3.05, 3.63) is 12.4 Å². The van der Waals surface area contributed by atoms with Crippen molar-refractivity contribution in [3.8, 4) is 0 Å². The number of urea groups is 1. The van der Waals surface area contributed by atoms with E-state index in [1.54, 1.807) is 0 Å². The van der Waals surface area contributed by atoms with E-state index in [0.717, 1.165) is 0 Å². The zero-order valence-corrected chi connectivity index (χ0v) is 11.3. The molecule has 0 aromatic carbocycles. The van der Waals surface area contributed by atoms with Gasteiger partial charge < -0.3 is 20.6 Å². The molecule has 0 aliphatic carbocycles. The standard InChI is InChI=1S/C11H19N5O3/c1-8(15(2)3)4-12-11(19)14-9-5-13-16(6-9)7-10(17)18/h5-6,8H,4,7H2,1-3H3,(H,17,18)(H2,12,14,19). The van der Waals surface area contributed by atoms with Crippen LogP contribution in [0, 0.1) is 0 Å². The van der Waals surface area contributed by atoms with Crippen molar-refractivity contribution in [2.45, 2.75) is 19.5 Å². The number of anilines is 1. The highest BCUT2D eigenvalue weighted by molar-refractivity contribution is 5.88. The highest BCUT2D eigenvalue weighted by atomic mass is 16.4. The molecule has 1 rings (SSSR count). The summed E-state index contributed by atoms with van der Waals surface area (Å²) < 4.78 is 1.24. The van der Waals surface area contributed by atoms with Crippen molar-refractivity contribution in [1.82, 2.24) is 20.0 Å². The minimum atomic E-state index is -0.987. The molecule has 106 valence electrons. The van der Waals surface area contributed by atoms with Crippen LogP contribution in [0.1, 0.15) is 6.92 Å². The summed E-state index contributed by atoms with van der Waals surface area (Å²) in [7, 11) is 3.86. The molecule has 2 amide bonds. The normalized spacial score (nSPS) is 12.2. The van der Waals surface area contributed by atoms with Crippen LogP contribution in [0.15, 0.2) is 12.4 Å². The number of amides is 2. The fraction of sp³-hybridized carbons (Fsp3) is 0.545. The van der Waals surface area contributed by atoms with Crippen LogP contribution < -0.4 is 10.6 Å². The number of rotatable bonds is 6. The Kier molecular flexibility index (Phi) is 5.31. The molecule has 0 bridgehead atoms. The maximum Gasteiger partial charge on any atom is 0.325 e. The summed E-state index contributed by atoms with van der Waals surface area (Å²) >= 11 is 0. The number of nitrogens with zero attached hydrogens (tertiary/aromatic N) is 3. The third-order valence-corrected chi connectivity index (χ3v) is 2.63. The average Bonchev–Trinajstić information content (AvgIpc) is 2.72. The summed E-state index contributed by atoms with van der Waals surface area (Å²) in [5.41, 5.74) is 0.455. The Hall–Kier alpha value is -2.09. The number of hydrogen-bond acceptors (Lipinski definition) is 4. The molecular weight excluding hydrogens is 250 g/mol. The van der Waals surface area contributed by atoms with Crippen LogP contribution in [-0.4, -0.2) is 58.5 Å². The Morgan fingerprint density at radius 3 is 2.79 bits per heavy atom. The Bertz CT molecular complexity index is 443. The van der Waals surface area contributed by atoms with Crippen LogP contribution in [0.5, 0.6) is 0 Å². The van der Waals surface area contributed by atoms with Crippen molar-refractivity contribution < 1.29 is 14.7 Å². The van der Waals surface area contributed by atoms with E-state index in [1.165, 1.54) is 17.1 Å². The highest BCUT2D eigenvalue weighted by Crippen LogP contribution is 2.04. The SMILES string of the molecule is CC(CNC(=O)Nc1cnn(CC(=O)O)c1)N(C)C. The molecule has 0 aliphatic rings. The lowest BCUT2D eigenvalue weighted by Crippen LogP contribution is -2.40. The largest absolute Gasteiger partial charge is 0.480 e. The quantitative estimate of drug-likeness (QED) is 0.677. The number of hydrogen-bond donors (Lipinski definition) is 3. The molecule has 0 fully saturated rings. The van der Waals surface area contributed by atoms with E-state index >= 15 is 0 Å². The number of nitrogens with one attached hydrogen (secondary N) is 2. The zero-order valence-electron chi connectivity index (χ0n) is 11.3. The summed E-state index contributed by atoms with van der Waals surface area (Å²) in [5.74, 6) is -0.987. The second kappa shape index (κ2) is 6.74. The van der Waals surface area contributed by atoms with Gasteiger partial charge in [0.2, 0.25) is 0 Å². The van der Waals surface area contributed by atoms with Crippen molar-refractivity contribution in [2.24, 2.45) is 0 Å². The molecule has 0 saturated carbocycles. The van der Waals surface area contributed by atoms with E-state index in [-0.39, 0.29) is 18.6 Å². The second-order valence-electron chi connectivity index (χ2n) is 4.47. The van der Waals surface area contributed by atoms with E-state index < -0.39 is 5.97 Å². The molecule has 8 heteroatoms. The maximum atomic E-state index is 11.6. The maximum absolute atomic E-state index is 11.6. The summed E-state index contributed by atoms with van der Waals surface area (Å²) in [6, 6.07) is -0.121. The number of carboxylic acid groups (broad SMARTS) is 1. The van der Waals surface area contributed by atoms with Crippen LogP contribution in [0.3, 0.4) is 0 Å². The first-order valence-electron chi connectivity index (χ1n) is 5.84. The van der Waals surface area contributed by atoms with Gasteiger partial charge in [-0.15, -0.1) is 0 Å². The molecule has 0 spiro atoms. The highest BCUT2D eigenvalue weighted by Gasteiger charge is 2.08. The predicted molar refractivity (Wildman–Crippen MR) is 70.0 cm³/mol. The van der Waals surface area contributed by atoms with E-state index in [9.17, 15) is 9.59 Å². The van der Waals surface area contributed by atoms with Gasteiger partial charge in [0.1, 0.15) is 6.54 Å². The van der Waals surface area contributed by atoms with Crippen molar-refractivity contribution >= 4 is 17.7 Å². The minimum absolute atomic E-state index is 0.223. The van der Waals surface area contributed by atoms with Crippen molar-refractivity contribution in [1.29, 1.82) is 0 Å². The lowest BCUT2D eigenvalue weighted by molar-refractivity contribution is -0.137. The third kappa shape index (κ3) is 5.38. The van der Waals surface area contributed by atoms with Crippen LogP contribution in [0.25, 0.3) is 0 Å². The third-order valence-electron chi connectivity index (χ3n) is 2.63. The predicted octanol–water partition coefficient (Wildman–Crippen LogP) is 0.0393. The lowest BCUT2D eigenvalue weighted by Gasteiger charge is -2.19. The average molecular weight is 269 g/mol. The molecule has 8 nitrogen and oxygen atoms in total. The lowest BCUT2D eigenvalue weighted by atomic mass is 10.3. The first kappa shape index (κ1) is 15.0. The van der Waals surface area contributed by atoms with Gasteiger partial charge in [-0.25, -0.2) is 4.79 Å². The van der Waals surface area contributed by atoms with Gasteiger partial charge in [0.15, 0.2) is 0 Å².